The van der Waals surface area contributed by atoms with Gasteiger partial charge in [0.25, 0.3) is 0 Å². The number of ether oxygens (including phenoxy) is 1. The van der Waals surface area contributed by atoms with Crippen molar-refractivity contribution in [1.29, 1.82) is 0 Å². The van der Waals surface area contributed by atoms with Crippen molar-refractivity contribution < 1.29 is 13.2 Å². The molecule has 1 aliphatic rings. The highest BCUT2D eigenvalue weighted by atomic mass is 32.2. The van der Waals surface area contributed by atoms with Crippen molar-refractivity contribution in [2.24, 2.45) is 5.73 Å². The molecule has 2 aromatic carbocycles. The molecule has 0 amide bonds. The molecular weight excluding hydrogens is 438 g/mol. The van der Waals surface area contributed by atoms with E-state index in [9.17, 15) is 8.42 Å². The highest BCUT2D eigenvalue weighted by Crippen LogP contribution is 2.31. The van der Waals surface area contributed by atoms with Gasteiger partial charge in [-0.3, -0.25) is 4.90 Å². The summed E-state index contributed by atoms with van der Waals surface area (Å²) in [4.78, 5) is 10.9. The van der Waals surface area contributed by atoms with Crippen LogP contribution in [0.15, 0.2) is 48.8 Å². The van der Waals surface area contributed by atoms with Gasteiger partial charge in [0, 0.05) is 49.4 Å². The summed E-state index contributed by atoms with van der Waals surface area (Å²) >= 11 is 0. The maximum Gasteiger partial charge on any atom is 0.232 e. The highest BCUT2D eigenvalue weighted by Gasteiger charge is 2.20. The van der Waals surface area contributed by atoms with Gasteiger partial charge in [-0.05, 0) is 41.3 Å². The Labute approximate surface area is 194 Å². The minimum atomic E-state index is -2.97. The smallest absolute Gasteiger partial charge is 0.232 e. The average Bonchev–Trinajstić information content (AvgIpc) is 2.82. The summed E-state index contributed by atoms with van der Waals surface area (Å²) in [6.07, 6.45) is 5.43. The first-order valence-corrected chi connectivity index (χ1v) is 12.9. The number of rotatable bonds is 8. The number of hydrogen-bond acceptors (Lipinski definition) is 8. The Bertz CT molecular complexity index is 1230. The van der Waals surface area contributed by atoms with E-state index in [1.807, 2.05) is 24.3 Å². The third kappa shape index (κ3) is 5.68. The minimum absolute atomic E-state index is 0.185. The number of anilines is 2. The van der Waals surface area contributed by atoms with Crippen LogP contribution in [0.1, 0.15) is 16.7 Å². The Morgan fingerprint density at radius 2 is 2.03 bits per heavy atom. The summed E-state index contributed by atoms with van der Waals surface area (Å²) in [5, 5.41) is 3.56. The first-order chi connectivity index (χ1) is 15.9. The number of nitrogens with two attached hydrogens (primary N) is 1. The van der Waals surface area contributed by atoms with Gasteiger partial charge < -0.3 is 15.8 Å². The Morgan fingerprint density at radius 1 is 1.18 bits per heavy atom. The molecule has 174 valence electrons. The number of fused-ring (bicyclic) bond motifs is 1. The lowest BCUT2D eigenvalue weighted by Gasteiger charge is -2.30. The fraction of sp³-hybridized carbons (Fsp3) is 0.333. The molecule has 3 aromatic rings. The predicted octanol–water partition coefficient (Wildman–Crippen LogP) is 2.76. The van der Waals surface area contributed by atoms with Crippen molar-refractivity contribution in [3.05, 3.63) is 65.5 Å². The fourth-order valence-corrected chi connectivity index (χ4v) is 4.65. The molecule has 0 unspecified atom stereocenters. The summed E-state index contributed by atoms with van der Waals surface area (Å²) in [7, 11) is -1.41. The van der Waals surface area contributed by atoms with E-state index in [1.165, 1.54) is 17.4 Å². The van der Waals surface area contributed by atoms with E-state index in [0.29, 0.717) is 19.0 Å². The molecule has 1 aliphatic heterocycles. The van der Waals surface area contributed by atoms with Gasteiger partial charge in [0.15, 0.2) is 0 Å². The van der Waals surface area contributed by atoms with Crippen LogP contribution in [0.25, 0.3) is 11.3 Å². The minimum Gasteiger partial charge on any atom is -0.480 e. The van der Waals surface area contributed by atoms with E-state index in [2.05, 4.69) is 32.3 Å². The molecule has 0 aliphatic carbocycles. The maximum absolute atomic E-state index is 11.5. The summed E-state index contributed by atoms with van der Waals surface area (Å²) < 4.78 is 28.2. The average molecular weight is 468 g/mol. The lowest BCUT2D eigenvalue weighted by atomic mass is 9.97. The van der Waals surface area contributed by atoms with E-state index < -0.39 is 9.84 Å². The zero-order chi connectivity index (χ0) is 23.4. The van der Waals surface area contributed by atoms with Crippen molar-refractivity contribution in [2.75, 3.05) is 37.5 Å². The van der Waals surface area contributed by atoms with Crippen molar-refractivity contribution in [3.8, 4) is 17.1 Å². The summed E-state index contributed by atoms with van der Waals surface area (Å²) in [5.74, 6) is 0.647. The highest BCUT2D eigenvalue weighted by molar-refractivity contribution is 7.90. The van der Waals surface area contributed by atoms with Crippen LogP contribution in [0, 0.1) is 0 Å². The van der Waals surface area contributed by atoms with Crippen molar-refractivity contribution >= 4 is 21.2 Å². The van der Waals surface area contributed by atoms with E-state index >= 15 is 0 Å². The predicted molar refractivity (Wildman–Crippen MR) is 130 cm³/mol. The third-order valence-electron chi connectivity index (χ3n) is 5.85. The molecule has 9 heteroatoms. The van der Waals surface area contributed by atoms with E-state index in [1.54, 1.807) is 19.5 Å². The van der Waals surface area contributed by atoms with E-state index in [0.717, 1.165) is 47.7 Å². The molecule has 0 saturated heterocycles. The van der Waals surface area contributed by atoms with Gasteiger partial charge in [-0.1, -0.05) is 18.2 Å². The second-order valence-electron chi connectivity index (χ2n) is 8.24. The lowest BCUT2D eigenvalue weighted by molar-refractivity contribution is 0.269. The lowest BCUT2D eigenvalue weighted by Crippen LogP contribution is -2.34. The van der Waals surface area contributed by atoms with Crippen LogP contribution >= 0.6 is 0 Å². The monoisotopic (exact) mass is 467 g/mol. The number of benzene rings is 2. The molecular formula is C24H29N5O3S. The van der Waals surface area contributed by atoms with Gasteiger partial charge in [-0.15, -0.1) is 0 Å². The standard InChI is InChI=1S/C24H29N5O3S/c1-32-24-15-26-23(14-27-24)21-12-19(7-6-17(21)13-25)28-22-5-3-4-18-16-29(9-8-20(18)22)10-11-33(2,30)31/h3-7,12,14-15,28H,8-11,13,16,25H2,1-2H3. The van der Waals surface area contributed by atoms with Crippen LogP contribution in [0.5, 0.6) is 5.88 Å². The quantitative estimate of drug-likeness (QED) is 0.520. The molecule has 33 heavy (non-hydrogen) atoms. The SMILES string of the molecule is COc1cnc(-c2cc(Nc3cccc4c3CCN(CCS(C)(=O)=O)C4)ccc2CN)cn1. The van der Waals surface area contributed by atoms with Crippen molar-refractivity contribution in [1.82, 2.24) is 14.9 Å². The van der Waals surface area contributed by atoms with Gasteiger partial charge in [0.1, 0.15) is 9.84 Å². The molecule has 0 radical (unpaired) electrons. The molecule has 4 rings (SSSR count). The van der Waals surface area contributed by atoms with Gasteiger partial charge >= 0.3 is 0 Å². The Morgan fingerprint density at radius 3 is 2.73 bits per heavy atom. The van der Waals surface area contributed by atoms with Crippen molar-refractivity contribution in [2.45, 2.75) is 19.5 Å². The number of nitrogens with zero attached hydrogens (tertiary/aromatic N) is 3. The molecule has 2 heterocycles. The molecule has 0 spiro atoms. The van der Waals surface area contributed by atoms with Crippen LogP contribution in [0.4, 0.5) is 11.4 Å². The number of methoxy groups -OCH3 is 1. The van der Waals surface area contributed by atoms with E-state index in [-0.39, 0.29) is 5.75 Å². The molecule has 0 fully saturated rings. The second-order valence-corrected chi connectivity index (χ2v) is 10.5. The van der Waals surface area contributed by atoms with Crippen LogP contribution in [0.3, 0.4) is 0 Å². The summed E-state index contributed by atoms with van der Waals surface area (Å²) in [5.41, 5.74) is 13.1. The number of hydrogen-bond donors (Lipinski definition) is 2. The van der Waals surface area contributed by atoms with Crippen LogP contribution in [-0.4, -0.2) is 55.5 Å². The zero-order valence-electron chi connectivity index (χ0n) is 18.9. The second kappa shape index (κ2) is 9.86. The van der Waals surface area contributed by atoms with Gasteiger partial charge in [0.2, 0.25) is 5.88 Å². The number of sulfone groups is 1. The van der Waals surface area contributed by atoms with Crippen molar-refractivity contribution in [3.63, 3.8) is 0 Å². The first kappa shape index (κ1) is 23.2. The molecule has 0 bridgehead atoms. The fourth-order valence-electron chi connectivity index (χ4n) is 4.06. The molecule has 8 nitrogen and oxygen atoms in total. The Balaban J connectivity index is 1.56. The largest absolute Gasteiger partial charge is 0.480 e. The molecule has 3 N–H and O–H groups in total. The first-order valence-electron chi connectivity index (χ1n) is 10.8. The maximum atomic E-state index is 11.5. The zero-order valence-corrected chi connectivity index (χ0v) is 19.7. The Kier molecular flexibility index (Phi) is 6.92. The third-order valence-corrected chi connectivity index (χ3v) is 6.77. The molecule has 0 atom stereocenters. The number of nitrogens with one attached hydrogen (secondary N) is 1. The van der Waals surface area contributed by atoms with Gasteiger partial charge in [0.05, 0.1) is 31.0 Å². The summed E-state index contributed by atoms with van der Waals surface area (Å²) in [6, 6.07) is 12.3. The van der Waals surface area contributed by atoms with Crippen LogP contribution in [-0.2, 0) is 29.3 Å². The topological polar surface area (TPSA) is 110 Å². The normalized spacial score (nSPS) is 14.0. The summed E-state index contributed by atoms with van der Waals surface area (Å²) in [6.45, 7) is 2.54. The van der Waals surface area contributed by atoms with Crippen LogP contribution < -0.4 is 15.8 Å². The Hall–Kier alpha value is -3.01. The van der Waals surface area contributed by atoms with E-state index in [4.69, 9.17) is 10.5 Å². The van der Waals surface area contributed by atoms with Crippen LogP contribution in [0.2, 0.25) is 0 Å². The molecule has 0 saturated carbocycles. The van der Waals surface area contributed by atoms with Gasteiger partial charge in [-0.25, -0.2) is 18.4 Å². The van der Waals surface area contributed by atoms with Gasteiger partial charge in [-0.2, -0.15) is 0 Å². The molecule has 1 aromatic heterocycles. The number of aromatic nitrogens is 2.